The predicted molar refractivity (Wildman–Crippen MR) is 70.0 cm³/mol. The minimum Gasteiger partial charge on any atom is -0.355 e. The smallest absolute Gasteiger partial charge is 0.261 e. The molecule has 2 N–H and O–H groups in total. The summed E-state index contributed by atoms with van der Waals surface area (Å²) in [5.74, 6) is -0.618. The molecular formula is C12H16N2O3S. The number of ketones is 1. The van der Waals surface area contributed by atoms with Gasteiger partial charge in [0.25, 0.3) is 5.91 Å². The normalized spacial score (nSPS) is 9.89. The van der Waals surface area contributed by atoms with E-state index in [-0.39, 0.29) is 24.1 Å². The van der Waals surface area contributed by atoms with E-state index in [1.807, 2.05) is 6.92 Å². The molecular weight excluding hydrogens is 252 g/mol. The first kappa shape index (κ1) is 14.4. The summed E-state index contributed by atoms with van der Waals surface area (Å²) in [4.78, 5) is 35.0. The fourth-order valence-corrected chi connectivity index (χ4v) is 2.04. The standard InChI is InChI=1S/C12H16N2O3S/c1-3-6-13-11(16)7-14-12(17)10-5-4-9(18-10)8(2)15/h4-5H,3,6-7H2,1-2H3,(H,13,16)(H,14,17). The van der Waals surface area contributed by atoms with Gasteiger partial charge in [-0.05, 0) is 25.5 Å². The molecule has 18 heavy (non-hydrogen) atoms. The Balaban J connectivity index is 2.45. The number of hydrogen-bond acceptors (Lipinski definition) is 4. The van der Waals surface area contributed by atoms with Gasteiger partial charge in [-0.25, -0.2) is 0 Å². The summed E-state index contributed by atoms with van der Waals surface area (Å²) in [6.45, 7) is 3.95. The lowest BCUT2D eigenvalue weighted by Crippen LogP contribution is -2.36. The highest BCUT2D eigenvalue weighted by Gasteiger charge is 2.12. The molecule has 6 heteroatoms. The summed E-state index contributed by atoms with van der Waals surface area (Å²) in [5.41, 5.74) is 0. The van der Waals surface area contributed by atoms with E-state index in [1.54, 1.807) is 12.1 Å². The number of amides is 2. The van der Waals surface area contributed by atoms with Crippen molar-refractivity contribution in [3.63, 3.8) is 0 Å². The van der Waals surface area contributed by atoms with Gasteiger partial charge in [-0.1, -0.05) is 6.92 Å². The summed E-state index contributed by atoms with van der Waals surface area (Å²) in [7, 11) is 0. The Morgan fingerprint density at radius 2 is 1.83 bits per heavy atom. The SMILES string of the molecule is CCCNC(=O)CNC(=O)c1ccc(C(C)=O)s1. The second-order valence-corrected chi connectivity index (χ2v) is 4.84. The monoisotopic (exact) mass is 268 g/mol. The molecule has 1 aromatic heterocycles. The Labute approximate surface area is 110 Å². The zero-order valence-electron chi connectivity index (χ0n) is 10.4. The van der Waals surface area contributed by atoms with Crippen molar-refractivity contribution in [1.29, 1.82) is 0 Å². The van der Waals surface area contributed by atoms with Crippen molar-refractivity contribution in [3.8, 4) is 0 Å². The van der Waals surface area contributed by atoms with Crippen LogP contribution in [-0.2, 0) is 4.79 Å². The van der Waals surface area contributed by atoms with E-state index in [1.165, 1.54) is 6.92 Å². The Bertz CT molecular complexity index is 454. The van der Waals surface area contributed by atoms with Crippen LogP contribution < -0.4 is 10.6 Å². The van der Waals surface area contributed by atoms with Gasteiger partial charge in [-0.3, -0.25) is 14.4 Å². The number of carbonyl (C=O) groups excluding carboxylic acids is 3. The second-order valence-electron chi connectivity index (χ2n) is 3.75. The topological polar surface area (TPSA) is 75.3 Å². The van der Waals surface area contributed by atoms with Crippen LogP contribution in [0.3, 0.4) is 0 Å². The highest BCUT2D eigenvalue weighted by Crippen LogP contribution is 2.16. The fraction of sp³-hybridized carbons (Fsp3) is 0.417. The maximum Gasteiger partial charge on any atom is 0.261 e. The van der Waals surface area contributed by atoms with Crippen LogP contribution in [0.25, 0.3) is 0 Å². The molecule has 0 unspecified atom stereocenters. The van der Waals surface area contributed by atoms with Crippen LogP contribution >= 0.6 is 11.3 Å². The third-order valence-corrected chi connectivity index (χ3v) is 3.34. The van der Waals surface area contributed by atoms with Gasteiger partial charge in [0.1, 0.15) is 0 Å². The van der Waals surface area contributed by atoms with Crippen LogP contribution in [0.15, 0.2) is 12.1 Å². The predicted octanol–water partition coefficient (Wildman–Crippen LogP) is 1.21. The molecule has 1 aromatic rings. The molecule has 0 saturated carbocycles. The van der Waals surface area contributed by atoms with Crippen molar-refractivity contribution in [2.75, 3.05) is 13.1 Å². The van der Waals surface area contributed by atoms with E-state index < -0.39 is 0 Å². The van der Waals surface area contributed by atoms with Crippen molar-refractivity contribution in [2.45, 2.75) is 20.3 Å². The van der Waals surface area contributed by atoms with Crippen molar-refractivity contribution >= 4 is 28.9 Å². The van der Waals surface area contributed by atoms with Gasteiger partial charge in [-0.2, -0.15) is 0 Å². The quantitative estimate of drug-likeness (QED) is 0.761. The van der Waals surface area contributed by atoms with Crippen LogP contribution in [0.4, 0.5) is 0 Å². The minimum absolute atomic E-state index is 0.0495. The molecule has 2 amide bonds. The summed E-state index contributed by atoms with van der Waals surface area (Å²) in [6, 6.07) is 3.19. The lowest BCUT2D eigenvalue weighted by atomic mass is 10.3. The van der Waals surface area contributed by atoms with Crippen molar-refractivity contribution in [1.82, 2.24) is 10.6 Å². The van der Waals surface area contributed by atoms with Gasteiger partial charge in [0.2, 0.25) is 5.91 Å². The van der Waals surface area contributed by atoms with Crippen LogP contribution in [-0.4, -0.2) is 30.7 Å². The van der Waals surface area contributed by atoms with Crippen LogP contribution in [0.2, 0.25) is 0 Å². The number of carbonyl (C=O) groups is 3. The second kappa shape index (κ2) is 6.90. The third-order valence-electron chi connectivity index (χ3n) is 2.16. The molecule has 0 aliphatic rings. The fourth-order valence-electron chi connectivity index (χ4n) is 1.22. The number of thiophene rings is 1. The number of rotatable bonds is 6. The highest BCUT2D eigenvalue weighted by molar-refractivity contribution is 7.15. The molecule has 0 aliphatic heterocycles. The van der Waals surface area contributed by atoms with Gasteiger partial charge in [0.05, 0.1) is 16.3 Å². The minimum atomic E-state index is -0.334. The van der Waals surface area contributed by atoms with Crippen molar-refractivity contribution in [3.05, 3.63) is 21.9 Å². The molecule has 0 aromatic carbocycles. The van der Waals surface area contributed by atoms with Gasteiger partial charge in [-0.15, -0.1) is 11.3 Å². The summed E-state index contributed by atoms with van der Waals surface area (Å²) in [5, 5.41) is 5.17. The number of hydrogen-bond donors (Lipinski definition) is 2. The average Bonchev–Trinajstić information content (AvgIpc) is 2.83. The Kier molecular flexibility index (Phi) is 5.51. The van der Waals surface area contributed by atoms with E-state index in [0.717, 1.165) is 17.8 Å². The maximum absolute atomic E-state index is 11.7. The van der Waals surface area contributed by atoms with Gasteiger partial charge in [0.15, 0.2) is 5.78 Å². The van der Waals surface area contributed by atoms with Gasteiger partial charge in [0, 0.05) is 6.54 Å². The molecule has 1 rings (SSSR count). The molecule has 0 spiro atoms. The average molecular weight is 268 g/mol. The zero-order valence-corrected chi connectivity index (χ0v) is 11.2. The molecule has 0 aliphatic carbocycles. The molecule has 0 atom stereocenters. The Morgan fingerprint density at radius 1 is 1.17 bits per heavy atom. The van der Waals surface area contributed by atoms with E-state index in [9.17, 15) is 14.4 Å². The van der Waals surface area contributed by atoms with E-state index >= 15 is 0 Å². The lowest BCUT2D eigenvalue weighted by molar-refractivity contribution is -0.120. The van der Waals surface area contributed by atoms with Crippen LogP contribution in [0.1, 0.15) is 39.6 Å². The molecule has 0 saturated heterocycles. The third kappa shape index (κ3) is 4.29. The molecule has 0 fully saturated rings. The van der Waals surface area contributed by atoms with Gasteiger partial charge < -0.3 is 10.6 Å². The molecule has 1 heterocycles. The highest BCUT2D eigenvalue weighted by atomic mass is 32.1. The van der Waals surface area contributed by atoms with E-state index in [0.29, 0.717) is 16.3 Å². The largest absolute Gasteiger partial charge is 0.355 e. The number of nitrogens with one attached hydrogen (secondary N) is 2. The first-order valence-electron chi connectivity index (χ1n) is 5.70. The Hall–Kier alpha value is -1.69. The molecule has 5 nitrogen and oxygen atoms in total. The van der Waals surface area contributed by atoms with Crippen molar-refractivity contribution in [2.24, 2.45) is 0 Å². The molecule has 0 bridgehead atoms. The maximum atomic E-state index is 11.7. The van der Waals surface area contributed by atoms with Gasteiger partial charge >= 0.3 is 0 Å². The van der Waals surface area contributed by atoms with Crippen LogP contribution in [0, 0.1) is 0 Å². The first-order valence-corrected chi connectivity index (χ1v) is 6.52. The van der Waals surface area contributed by atoms with Crippen LogP contribution in [0.5, 0.6) is 0 Å². The van der Waals surface area contributed by atoms with E-state index in [4.69, 9.17) is 0 Å². The lowest BCUT2D eigenvalue weighted by Gasteiger charge is -2.04. The van der Waals surface area contributed by atoms with Crippen molar-refractivity contribution < 1.29 is 14.4 Å². The first-order chi connectivity index (χ1) is 8.54. The summed E-state index contributed by atoms with van der Waals surface area (Å²) >= 11 is 1.13. The summed E-state index contributed by atoms with van der Waals surface area (Å²) < 4.78 is 0. The zero-order chi connectivity index (χ0) is 13.5. The number of Topliss-reactive ketones (excluding diaryl/α,β-unsaturated/α-hetero) is 1. The molecule has 0 radical (unpaired) electrons. The Morgan fingerprint density at radius 3 is 2.39 bits per heavy atom. The van der Waals surface area contributed by atoms with E-state index in [2.05, 4.69) is 10.6 Å². The molecule has 98 valence electrons. The summed E-state index contributed by atoms with van der Waals surface area (Å²) in [6.07, 6.45) is 0.854.